The molecule has 10 aromatic rings. The van der Waals surface area contributed by atoms with E-state index in [0.717, 1.165) is 50.5 Å². The molecule has 0 fully saturated rings. The number of hydrogen-bond donors (Lipinski definition) is 0. The normalized spacial score (nSPS) is 14.4. The van der Waals surface area contributed by atoms with Crippen LogP contribution in [0.5, 0.6) is 0 Å². The van der Waals surface area contributed by atoms with Crippen LogP contribution < -0.4 is 0 Å². The quantitative estimate of drug-likeness (QED) is 0.135. The number of hydrogen-bond acceptors (Lipinski definition) is 4. The largest absolute Gasteiger partial charge is 0.305 e. The molecule has 4 nitrogen and oxygen atoms in total. The van der Waals surface area contributed by atoms with Gasteiger partial charge in [-0.1, -0.05) is 83.6 Å². The molecule has 380 valence electrons. The Morgan fingerprint density at radius 3 is 1.28 bits per heavy atom. The summed E-state index contributed by atoms with van der Waals surface area (Å²) in [5.74, 6) is -4.87. The number of nitrogens with zero attached hydrogens (tertiary/aromatic N) is 4. The van der Waals surface area contributed by atoms with Crippen LogP contribution in [0.15, 0.2) is 207 Å². The van der Waals surface area contributed by atoms with Crippen molar-refractivity contribution in [2.24, 2.45) is 5.89 Å². The van der Waals surface area contributed by atoms with E-state index in [0.29, 0.717) is 16.8 Å². The summed E-state index contributed by atoms with van der Waals surface area (Å²) in [4.78, 5) is 16.9. The van der Waals surface area contributed by atoms with Gasteiger partial charge in [0.1, 0.15) is 11.6 Å². The molecule has 1 unspecified atom stereocenters. The van der Waals surface area contributed by atoms with Gasteiger partial charge in [-0.05, 0) is 136 Å². The van der Waals surface area contributed by atoms with Gasteiger partial charge in [0.25, 0.3) is 0 Å². The molecule has 10 rings (SSSR count). The fourth-order valence-electron chi connectivity index (χ4n) is 6.89. The van der Waals surface area contributed by atoms with Gasteiger partial charge in [0.05, 0.1) is 0 Å². The van der Waals surface area contributed by atoms with Crippen LogP contribution >= 0.6 is 0 Å². The van der Waals surface area contributed by atoms with E-state index in [1.165, 1.54) is 57.4 Å². The molecule has 0 amide bonds. The first kappa shape index (κ1) is 42.4. The van der Waals surface area contributed by atoms with Crippen LogP contribution in [0.3, 0.4) is 0 Å². The van der Waals surface area contributed by atoms with E-state index in [9.17, 15) is 8.78 Å². The van der Waals surface area contributed by atoms with Gasteiger partial charge in [-0.25, -0.2) is 8.78 Å². The van der Waals surface area contributed by atoms with Crippen molar-refractivity contribution in [3.63, 3.8) is 0 Å². The van der Waals surface area contributed by atoms with Gasteiger partial charge >= 0.3 is 0 Å². The molecule has 74 heavy (non-hydrogen) atoms. The Bertz CT molecular complexity index is 3490. The average molecular weight is 1340 g/mol. The maximum Gasteiger partial charge on any atom is 0.126 e. The Labute approximate surface area is 483 Å². The number of halogens is 2. The van der Waals surface area contributed by atoms with Crippen molar-refractivity contribution in [2.75, 3.05) is 0 Å². The summed E-state index contributed by atoms with van der Waals surface area (Å²) in [5, 5.41) is 0. The smallest absolute Gasteiger partial charge is 0.126 e. The molecule has 0 bridgehead atoms. The molecule has 2 radical (unpaired) electrons. The number of pyridine rings is 4. The zero-order chi connectivity index (χ0) is 61.1. The zero-order valence-corrected chi connectivity index (χ0v) is 44.6. The minimum absolute atomic E-state index is 0. The van der Waals surface area contributed by atoms with Gasteiger partial charge in [0, 0.05) is 82.8 Å². The molecule has 0 aliphatic rings. The van der Waals surface area contributed by atoms with E-state index < -0.39 is 50.4 Å². The first-order valence-corrected chi connectivity index (χ1v) is 22.4. The van der Waals surface area contributed by atoms with E-state index in [1.807, 2.05) is 91.0 Å². The molecular weight excluding hydrogens is 1270 g/mol. The summed E-state index contributed by atoms with van der Waals surface area (Å²) in [6.45, 7) is -2.74. The predicted octanol–water partition coefficient (Wildman–Crippen LogP) is 17.4. The molecule has 1 atom stereocenters. The summed E-state index contributed by atoms with van der Waals surface area (Å²) in [7, 11) is 0. The Balaban J connectivity index is 0.000000251. The number of rotatable bonds is 9. The standard InChI is InChI=1S/C21H19FN.C20H17FN.2C12H10N.CH4.2Ir/c1-15(2)12-19-13-17(8-9-20(19)22)18-10-11-23-21(14-18)16-6-4-3-5-7-16;1-14(2)18-12-16(8-9-19(18)21)17-10-11-22-20(13-17)15-6-4-3-5-7-15;2*1-10-7-8-12(13-9-10)11-5-3-2-4-6-11;;;/h3-6,8-11,13-15H,12H2,1-2H3;3-6,8-14H,1-2H3;2*2-5,7-9H,1H3;1H4;;/q4*-1;;;/i12D2,15D;1D3,14D;2*1D3;;;. The maximum absolute atomic E-state index is 14.3. The Hall–Kier alpha value is -6.92. The van der Waals surface area contributed by atoms with Crippen LogP contribution in [-0.2, 0) is 46.6 Å². The maximum atomic E-state index is 14.3. The summed E-state index contributed by atoms with van der Waals surface area (Å²) in [6.07, 6.45) is 3.96. The Morgan fingerprint density at radius 2 is 0.905 bits per heavy atom. The first-order chi connectivity index (χ1) is 39.5. The third kappa shape index (κ3) is 17.6. The third-order valence-corrected chi connectivity index (χ3v) is 10.4. The van der Waals surface area contributed by atoms with Crippen LogP contribution in [0.4, 0.5) is 8.78 Å². The van der Waals surface area contributed by atoms with E-state index in [1.54, 1.807) is 79.1 Å². The minimum Gasteiger partial charge on any atom is -0.305 e. The summed E-state index contributed by atoms with van der Waals surface area (Å²) in [6, 6.07) is 64.5. The zero-order valence-electron chi connectivity index (χ0n) is 52.8. The molecule has 6 aromatic carbocycles. The first-order valence-electron chi connectivity index (χ1n) is 28.9. The van der Waals surface area contributed by atoms with Crippen LogP contribution in [0, 0.1) is 55.5 Å². The van der Waals surface area contributed by atoms with Crippen molar-refractivity contribution < 1.29 is 66.8 Å². The monoisotopic (exact) mass is 1350 g/mol. The van der Waals surface area contributed by atoms with Gasteiger partial charge in [-0.3, -0.25) is 0 Å². The Kier molecular flexibility index (Phi) is 17.4. The summed E-state index contributed by atoms with van der Waals surface area (Å²) < 4.78 is 127. The van der Waals surface area contributed by atoms with Crippen molar-refractivity contribution in [3.8, 4) is 67.3 Å². The molecule has 0 N–H and O–H groups in total. The number of benzene rings is 6. The van der Waals surface area contributed by atoms with Crippen molar-refractivity contribution in [1.29, 1.82) is 0 Å². The second-order valence-electron chi connectivity index (χ2n) is 16.0. The molecule has 0 aliphatic carbocycles. The number of aryl methyl sites for hydroxylation is 2. The second-order valence-corrected chi connectivity index (χ2v) is 16.0. The van der Waals surface area contributed by atoms with Gasteiger partial charge in [-0.15, -0.1) is 144 Å². The molecule has 4 aromatic heterocycles. The van der Waals surface area contributed by atoms with Crippen molar-refractivity contribution in [3.05, 3.63) is 265 Å². The van der Waals surface area contributed by atoms with Gasteiger partial charge < -0.3 is 19.9 Å². The van der Waals surface area contributed by atoms with E-state index >= 15 is 0 Å². The topological polar surface area (TPSA) is 51.6 Å². The van der Waals surface area contributed by atoms with Gasteiger partial charge in [0.2, 0.25) is 0 Å². The molecular formula is C66H60F2Ir2N4-4. The fourth-order valence-corrected chi connectivity index (χ4v) is 6.89. The van der Waals surface area contributed by atoms with Crippen LogP contribution in [-0.4, -0.2) is 19.9 Å². The number of aromatic nitrogens is 4. The predicted molar refractivity (Wildman–Crippen MR) is 294 cm³/mol. The van der Waals surface area contributed by atoms with Crippen LogP contribution in [0.2, 0.25) is 0 Å². The molecule has 0 aliphatic heterocycles. The van der Waals surface area contributed by atoms with E-state index in [2.05, 4.69) is 44.2 Å². The van der Waals surface area contributed by atoms with Gasteiger partial charge in [0.15, 0.2) is 0 Å². The molecule has 4 heterocycles. The van der Waals surface area contributed by atoms with Crippen LogP contribution in [0.1, 0.15) is 81.0 Å². The summed E-state index contributed by atoms with van der Waals surface area (Å²) >= 11 is 0. The molecule has 0 spiro atoms. The molecule has 0 saturated carbocycles. The molecule has 8 heteroatoms. The fraction of sp³-hybridized carbons (Fsp3) is 0.152. The second kappa shape index (κ2) is 30.3. The summed E-state index contributed by atoms with van der Waals surface area (Å²) in [5.41, 5.74) is 9.40. The van der Waals surface area contributed by atoms with Crippen molar-refractivity contribution in [2.45, 2.75) is 61.0 Å². The van der Waals surface area contributed by atoms with Gasteiger partial charge in [-0.2, -0.15) is 0 Å². The average Bonchev–Trinajstić information content (AvgIpc) is 1.08. The van der Waals surface area contributed by atoms with E-state index in [-0.39, 0.29) is 69.9 Å². The Morgan fingerprint density at radius 1 is 0.486 bits per heavy atom. The van der Waals surface area contributed by atoms with E-state index in [4.69, 9.17) is 17.8 Å². The van der Waals surface area contributed by atoms with Crippen LogP contribution in [0.25, 0.3) is 67.3 Å². The third-order valence-electron chi connectivity index (χ3n) is 10.4. The SMILES string of the molecule is C.[2H]C(C)(C)C([2H])([2H])c1cc(-c2ccnc(-c3[c-]cccc3)c2)ccc1F.[2H]C([2H])([2H])C([2H])(C)c1cc(-c2ccnc(-c3[c-]cccc3)c2)ccc1F.[2H]C([2H])([2H])c1ccc(-c2[c-]cccc2)nc1.[2H]C([2H])([2H])c1ccc(-c2[c-]cccc2)nc1.[Ir].[Ir]. The van der Waals surface area contributed by atoms with Crippen molar-refractivity contribution >= 4 is 0 Å². The van der Waals surface area contributed by atoms with Crippen molar-refractivity contribution in [1.82, 2.24) is 19.9 Å². The minimum atomic E-state index is -2.64. The molecule has 0 saturated heterocycles.